The van der Waals surface area contributed by atoms with Crippen LogP contribution in [0.25, 0.3) is 0 Å². The topological polar surface area (TPSA) is 128 Å². The number of nitrogens with one attached hydrogen (secondary N) is 1. The fourth-order valence-electron chi connectivity index (χ4n) is 4.91. The van der Waals surface area contributed by atoms with E-state index in [1.807, 2.05) is 36.1 Å². The molecular weight excluding hydrogens is 494 g/mol. The van der Waals surface area contributed by atoms with Crippen LogP contribution in [0.15, 0.2) is 24.3 Å². The number of carboxylic acids is 1. The number of piperazine rings is 1. The molecule has 1 fully saturated rings. The van der Waals surface area contributed by atoms with Crippen LogP contribution in [0.4, 0.5) is 11.8 Å². The highest BCUT2D eigenvalue weighted by atomic mass is 16.4. The van der Waals surface area contributed by atoms with Crippen LogP contribution < -0.4 is 11.1 Å². The van der Waals surface area contributed by atoms with Gasteiger partial charge in [-0.1, -0.05) is 44.0 Å². The van der Waals surface area contributed by atoms with Crippen molar-refractivity contribution in [1.82, 2.24) is 24.7 Å². The number of aryl methyl sites for hydroxylation is 1. The van der Waals surface area contributed by atoms with E-state index in [0.717, 1.165) is 93.0 Å². The van der Waals surface area contributed by atoms with Crippen molar-refractivity contribution < 1.29 is 14.7 Å². The zero-order chi connectivity index (χ0) is 28.2. The van der Waals surface area contributed by atoms with Crippen LogP contribution in [-0.4, -0.2) is 94.5 Å². The van der Waals surface area contributed by atoms with E-state index in [4.69, 9.17) is 5.73 Å². The third kappa shape index (κ3) is 10.1. The maximum Gasteiger partial charge on any atom is 0.307 e. The van der Waals surface area contributed by atoms with Crippen molar-refractivity contribution in [2.24, 2.45) is 0 Å². The molecule has 0 saturated carbocycles. The minimum absolute atomic E-state index is 0.0342. The smallest absolute Gasteiger partial charge is 0.307 e. The molecule has 0 unspecified atom stereocenters. The fourth-order valence-corrected chi connectivity index (χ4v) is 4.91. The first-order valence-electron chi connectivity index (χ1n) is 14.1. The van der Waals surface area contributed by atoms with Gasteiger partial charge in [0.25, 0.3) is 0 Å². The summed E-state index contributed by atoms with van der Waals surface area (Å²) in [6, 6.07) is 7.52. The number of nitrogen functional groups attached to an aromatic ring is 1. The molecule has 0 atom stereocenters. The molecule has 10 nitrogen and oxygen atoms in total. The van der Waals surface area contributed by atoms with Crippen molar-refractivity contribution in [3.05, 3.63) is 46.6 Å². The molecule has 0 aliphatic carbocycles. The number of unbranched alkanes of at least 4 members (excludes halogenated alkanes) is 2. The predicted octanol–water partition coefficient (Wildman–Crippen LogP) is 2.81. The Labute approximate surface area is 232 Å². The van der Waals surface area contributed by atoms with Crippen LogP contribution in [0, 0.1) is 6.92 Å². The van der Waals surface area contributed by atoms with E-state index in [1.54, 1.807) is 0 Å². The summed E-state index contributed by atoms with van der Waals surface area (Å²) in [6.07, 6.45) is 4.80. The first-order chi connectivity index (χ1) is 18.7. The second-order valence-corrected chi connectivity index (χ2v) is 10.5. The van der Waals surface area contributed by atoms with Crippen LogP contribution in [0.1, 0.15) is 55.0 Å². The van der Waals surface area contributed by atoms with E-state index in [0.29, 0.717) is 19.6 Å². The van der Waals surface area contributed by atoms with Crippen molar-refractivity contribution >= 4 is 23.6 Å². The molecule has 2 heterocycles. The third-order valence-corrected chi connectivity index (χ3v) is 7.19. The highest BCUT2D eigenvalue weighted by Crippen LogP contribution is 2.20. The van der Waals surface area contributed by atoms with E-state index < -0.39 is 5.97 Å². The lowest BCUT2D eigenvalue weighted by atomic mass is 10.1. The minimum atomic E-state index is -0.865. The van der Waals surface area contributed by atoms with Gasteiger partial charge < -0.3 is 26.0 Å². The standard InChI is InChI=1S/C29H45N7O3/c1-4-5-6-12-31-28-25(22(2)32-29(30)33-28)11-8-13-36(26(37)21-35-16-14-34(3)15-17-35)20-24-10-7-9-23(18-24)19-27(38)39/h7,9-10,18H,4-6,8,11-17,19-21H2,1-3H3,(H,38,39)(H3,30,31,32,33). The van der Waals surface area contributed by atoms with Gasteiger partial charge in [0.1, 0.15) is 5.82 Å². The number of hydrogen-bond acceptors (Lipinski definition) is 8. The number of rotatable bonds is 15. The molecule has 1 saturated heterocycles. The maximum absolute atomic E-state index is 13.5. The number of carbonyl (C=O) groups is 2. The summed E-state index contributed by atoms with van der Waals surface area (Å²) in [5.74, 6) is 0.272. The average molecular weight is 540 g/mol. The molecule has 3 rings (SSSR count). The van der Waals surface area contributed by atoms with Crippen molar-refractivity contribution in [2.45, 2.75) is 58.9 Å². The fraction of sp³-hybridized carbons (Fsp3) is 0.586. The molecule has 0 spiro atoms. The number of nitrogens with zero attached hydrogens (tertiary/aromatic N) is 5. The van der Waals surface area contributed by atoms with Gasteiger partial charge in [0.05, 0.1) is 13.0 Å². The van der Waals surface area contributed by atoms with Gasteiger partial charge in [0.15, 0.2) is 0 Å². The first-order valence-corrected chi connectivity index (χ1v) is 14.1. The molecule has 1 aromatic heterocycles. The van der Waals surface area contributed by atoms with E-state index in [-0.39, 0.29) is 18.3 Å². The van der Waals surface area contributed by atoms with Gasteiger partial charge in [-0.3, -0.25) is 14.5 Å². The van der Waals surface area contributed by atoms with Crippen LogP contribution in [0.3, 0.4) is 0 Å². The Bertz CT molecular complexity index is 1090. The molecular formula is C29H45N7O3. The van der Waals surface area contributed by atoms with E-state index >= 15 is 0 Å². The number of anilines is 2. The van der Waals surface area contributed by atoms with Gasteiger partial charge >= 0.3 is 5.97 Å². The van der Waals surface area contributed by atoms with Crippen LogP contribution in [0.5, 0.6) is 0 Å². The molecule has 4 N–H and O–H groups in total. The zero-order valence-electron chi connectivity index (χ0n) is 23.8. The number of aromatic nitrogens is 2. The zero-order valence-corrected chi connectivity index (χ0v) is 23.8. The van der Waals surface area contributed by atoms with Crippen LogP contribution >= 0.6 is 0 Å². The second-order valence-electron chi connectivity index (χ2n) is 10.5. The van der Waals surface area contributed by atoms with E-state index in [1.165, 1.54) is 0 Å². The second kappa shape index (κ2) is 15.4. The summed E-state index contributed by atoms with van der Waals surface area (Å²) >= 11 is 0. The minimum Gasteiger partial charge on any atom is -0.481 e. The van der Waals surface area contributed by atoms with Crippen molar-refractivity contribution in [3.63, 3.8) is 0 Å². The molecule has 1 aliphatic rings. The number of carboxylic acid groups (broad SMARTS) is 1. The van der Waals surface area contributed by atoms with Gasteiger partial charge in [-0.05, 0) is 44.4 Å². The highest BCUT2D eigenvalue weighted by molar-refractivity contribution is 5.78. The normalized spacial score (nSPS) is 14.3. The Kier molecular flexibility index (Phi) is 11.9. The Morgan fingerprint density at radius 1 is 1.10 bits per heavy atom. The molecule has 0 bridgehead atoms. The number of nitrogens with two attached hydrogens (primary N) is 1. The van der Waals surface area contributed by atoms with Gasteiger partial charge in [0, 0.05) is 57.1 Å². The maximum atomic E-state index is 13.5. The number of benzene rings is 1. The monoisotopic (exact) mass is 539 g/mol. The Morgan fingerprint density at radius 2 is 1.85 bits per heavy atom. The molecule has 0 radical (unpaired) electrons. The molecule has 10 heteroatoms. The Morgan fingerprint density at radius 3 is 2.56 bits per heavy atom. The van der Waals surface area contributed by atoms with Crippen molar-refractivity contribution in [1.29, 1.82) is 0 Å². The summed E-state index contributed by atoms with van der Waals surface area (Å²) in [5.41, 5.74) is 9.51. The van der Waals surface area contributed by atoms with E-state index in [2.05, 4.69) is 39.1 Å². The predicted molar refractivity (Wildman–Crippen MR) is 155 cm³/mol. The summed E-state index contributed by atoms with van der Waals surface area (Å²) in [6.45, 7) is 10.0. The van der Waals surface area contributed by atoms with Crippen molar-refractivity contribution in [2.75, 3.05) is 63.9 Å². The van der Waals surface area contributed by atoms with E-state index in [9.17, 15) is 14.7 Å². The third-order valence-electron chi connectivity index (χ3n) is 7.19. The summed E-state index contributed by atoms with van der Waals surface area (Å²) < 4.78 is 0. The molecule has 1 aromatic carbocycles. The lowest BCUT2D eigenvalue weighted by Crippen LogP contribution is -2.49. The number of aliphatic carboxylic acids is 1. The number of amides is 1. The molecule has 1 aliphatic heterocycles. The van der Waals surface area contributed by atoms with Crippen molar-refractivity contribution in [3.8, 4) is 0 Å². The molecule has 214 valence electrons. The van der Waals surface area contributed by atoms with Crippen LogP contribution in [0.2, 0.25) is 0 Å². The Balaban J connectivity index is 1.70. The SMILES string of the molecule is CCCCCNc1nc(N)nc(C)c1CCCN(Cc1cccc(CC(=O)O)c1)C(=O)CN1CCN(C)CC1. The quantitative estimate of drug-likeness (QED) is 0.293. The van der Waals surface area contributed by atoms with Gasteiger partial charge in [0.2, 0.25) is 11.9 Å². The number of carbonyl (C=O) groups excluding carboxylic acids is 1. The lowest BCUT2D eigenvalue weighted by Gasteiger charge is -2.33. The van der Waals surface area contributed by atoms with Gasteiger partial charge in [-0.25, -0.2) is 4.98 Å². The average Bonchev–Trinajstić information content (AvgIpc) is 2.88. The lowest BCUT2D eigenvalue weighted by molar-refractivity contribution is -0.136. The number of likely N-dealkylation sites (N-methyl/N-ethyl adjacent to an activating group) is 1. The highest BCUT2D eigenvalue weighted by Gasteiger charge is 2.21. The Hall–Kier alpha value is -3.24. The van der Waals surface area contributed by atoms with Crippen LogP contribution in [-0.2, 0) is 29.0 Å². The molecule has 2 aromatic rings. The summed E-state index contributed by atoms with van der Waals surface area (Å²) in [7, 11) is 2.10. The summed E-state index contributed by atoms with van der Waals surface area (Å²) in [4.78, 5) is 40.0. The van der Waals surface area contributed by atoms with Gasteiger partial charge in [-0.2, -0.15) is 4.98 Å². The largest absolute Gasteiger partial charge is 0.481 e. The molecule has 39 heavy (non-hydrogen) atoms. The number of hydrogen-bond donors (Lipinski definition) is 3. The molecule has 1 amide bonds. The summed E-state index contributed by atoms with van der Waals surface area (Å²) in [5, 5.41) is 12.6. The van der Waals surface area contributed by atoms with Gasteiger partial charge in [-0.15, -0.1) is 0 Å². The first kappa shape index (κ1) is 30.3.